The molecular weight excluding hydrogens is 278 g/mol. The van der Waals surface area contributed by atoms with Crippen LogP contribution in [0, 0.1) is 11.3 Å². The molecular formula is C13H17N3O3S. The van der Waals surface area contributed by atoms with Crippen molar-refractivity contribution >= 4 is 15.9 Å². The molecule has 0 aliphatic carbocycles. The van der Waals surface area contributed by atoms with Gasteiger partial charge in [-0.1, -0.05) is 19.1 Å². The normalized spacial score (nSPS) is 12.4. The van der Waals surface area contributed by atoms with Crippen molar-refractivity contribution in [2.75, 3.05) is 6.54 Å². The van der Waals surface area contributed by atoms with Crippen molar-refractivity contribution < 1.29 is 13.2 Å². The minimum absolute atomic E-state index is 0.0427. The van der Waals surface area contributed by atoms with Crippen LogP contribution in [-0.2, 0) is 14.8 Å². The summed E-state index contributed by atoms with van der Waals surface area (Å²) in [6, 6.07) is 6.76. The molecule has 0 radical (unpaired) electrons. The van der Waals surface area contributed by atoms with Crippen LogP contribution in [0.1, 0.15) is 25.8 Å². The van der Waals surface area contributed by atoms with Gasteiger partial charge in [-0.15, -0.1) is 0 Å². The Labute approximate surface area is 118 Å². The molecule has 0 aromatic heterocycles. The number of hydrogen-bond donors (Lipinski definition) is 2. The molecule has 1 aromatic carbocycles. The lowest BCUT2D eigenvalue weighted by molar-refractivity contribution is -0.122. The molecule has 7 heteroatoms. The number of nitrogens with zero attached hydrogens (tertiary/aromatic N) is 1. The molecule has 0 aliphatic rings. The maximum Gasteiger partial charge on any atom is 0.242 e. The average Bonchev–Trinajstić information content (AvgIpc) is 2.44. The van der Waals surface area contributed by atoms with Crippen molar-refractivity contribution in [2.24, 2.45) is 0 Å². The fraction of sp³-hybridized carbons (Fsp3) is 0.385. The number of rotatable bonds is 6. The second kappa shape index (κ2) is 7.03. The Kier molecular flexibility index (Phi) is 5.67. The molecule has 108 valence electrons. The van der Waals surface area contributed by atoms with Crippen molar-refractivity contribution in [3.8, 4) is 6.07 Å². The minimum Gasteiger partial charge on any atom is -0.355 e. The zero-order valence-corrected chi connectivity index (χ0v) is 12.2. The van der Waals surface area contributed by atoms with Crippen molar-refractivity contribution in [1.82, 2.24) is 10.0 Å². The zero-order chi connectivity index (χ0) is 15.2. The van der Waals surface area contributed by atoms with Gasteiger partial charge in [0.1, 0.15) is 6.07 Å². The molecule has 0 heterocycles. The Morgan fingerprint density at radius 3 is 2.65 bits per heavy atom. The number of carbonyl (C=O) groups is 1. The van der Waals surface area contributed by atoms with Gasteiger partial charge >= 0.3 is 0 Å². The topological polar surface area (TPSA) is 99.1 Å². The molecule has 0 saturated heterocycles. The van der Waals surface area contributed by atoms with Crippen LogP contribution in [0.25, 0.3) is 0 Å². The van der Waals surface area contributed by atoms with E-state index in [1.54, 1.807) is 6.07 Å². The first-order chi connectivity index (χ1) is 9.42. The highest BCUT2D eigenvalue weighted by Crippen LogP contribution is 2.14. The van der Waals surface area contributed by atoms with Crippen molar-refractivity contribution in [2.45, 2.75) is 31.2 Å². The molecule has 0 aliphatic heterocycles. The Morgan fingerprint density at radius 1 is 1.40 bits per heavy atom. The van der Waals surface area contributed by atoms with Gasteiger partial charge in [0, 0.05) is 6.54 Å². The van der Waals surface area contributed by atoms with Crippen molar-refractivity contribution in [3.05, 3.63) is 29.8 Å². The van der Waals surface area contributed by atoms with E-state index in [0.717, 1.165) is 6.42 Å². The fourth-order valence-corrected chi connectivity index (χ4v) is 2.90. The van der Waals surface area contributed by atoms with E-state index in [9.17, 15) is 13.2 Å². The van der Waals surface area contributed by atoms with Gasteiger partial charge in [-0.25, -0.2) is 8.42 Å². The third kappa shape index (κ3) is 4.05. The lowest BCUT2D eigenvalue weighted by atomic mass is 10.2. The molecule has 0 saturated carbocycles. The summed E-state index contributed by atoms with van der Waals surface area (Å²) in [5.74, 6) is -0.398. The number of carbonyl (C=O) groups excluding carboxylic acids is 1. The van der Waals surface area contributed by atoms with Crippen LogP contribution in [0.15, 0.2) is 29.2 Å². The fourth-order valence-electron chi connectivity index (χ4n) is 1.54. The second-order valence-corrected chi connectivity index (χ2v) is 5.92. The summed E-state index contributed by atoms with van der Waals surface area (Å²) < 4.78 is 26.6. The van der Waals surface area contributed by atoms with Crippen LogP contribution < -0.4 is 10.0 Å². The van der Waals surface area contributed by atoms with Crippen molar-refractivity contribution in [1.29, 1.82) is 5.26 Å². The highest BCUT2D eigenvalue weighted by molar-refractivity contribution is 7.89. The molecule has 2 N–H and O–H groups in total. The maximum atomic E-state index is 12.2. The van der Waals surface area contributed by atoms with Crippen LogP contribution in [-0.4, -0.2) is 26.9 Å². The molecule has 0 spiro atoms. The van der Waals surface area contributed by atoms with E-state index in [4.69, 9.17) is 5.26 Å². The molecule has 0 fully saturated rings. The molecule has 0 unspecified atom stereocenters. The number of benzene rings is 1. The first kappa shape index (κ1) is 16.1. The molecule has 1 amide bonds. The van der Waals surface area contributed by atoms with Crippen LogP contribution in [0.4, 0.5) is 0 Å². The predicted octanol–water partition coefficient (Wildman–Crippen LogP) is 0.751. The SMILES string of the molecule is CCCNC(=O)[C@@H](C)NS(=O)(=O)c1ccccc1C#N. The van der Waals surface area contributed by atoms with Crippen LogP contribution in [0.3, 0.4) is 0 Å². The summed E-state index contributed by atoms with van der Waals surface area (Å²) in [4.78, 5) is 11.5. The Balaban J connectivity index is 2.90. The third-order valence-electron chi connectivity index (χ3n) is 2.57. The van der Waals surface area contributed by atoms with Gasteiger partial charge in [0.2, 0.25) is 15.9 Å². The van der Waals surface area contributed by atoms with Crippen molar-refractivity contribution in [3.63, 3.8) is 0 Å². The number of hydrogen-bond acceptors (Lipinski definition) is 4. The maximum absolute atomic E-state index is 12.2. The van der Waals surface area contributed by atoms with Crippen LogP contribution in [0.5, 0.6) is 0 Å². The Hall–Kier alpha value is -1.91. The van der Waals surface area contributed by atoms with Gasteiger partial charge in [-0.05, 0) is 25.5 Å². The van der Waals surface area contributed by atoms with Crippen LogP contribution in [0.2, 0.25) is 0 Å². The Bertz CT molecular complexity index is 620. The van der Waals surface area contributed by atoms with E-state index in [1.165, 1.54) is 25.1 Å². The summed E-state index contributed by atoms with van der Waals surface area (Å²) in [7, 11) is -3.91. The number of nitriles is 1. The average molecular weight is 295 g/mol. The standard InChI is InChI=1S/C13H17N3O3S/c1-3-8-15-13(17)10(2)16-20(18,19)12-7-5-4-6-11(12)9-14/h4-7,10,16H,3,8H2,1-2H3,(H,15,17)/t10-/m1/s1. The summed E-state index contributed by atoms with van der Waals surface area (Å²) >= 11 is 0. The summed E-state index contributed by atoms with van der Waals surface area (Å²) in [5.41, 5.74) is 0.0427. The molecule has 0 bridgehead atoms. The summed E-state index contributed by atoms with van der Waals surface area (Å²) in [6.45, 7) is 3.84. The van der Waals surface area contributed by atoms with Gasteiger partial charge in [-0.2, -0.15) is 9.98 Å². The Morgan fingerprint density at radius 2 is 2.05 bits per heavy atom. The van der Waals surface area contributed by atoms with E-state index in [1.807, 2.05) is 13.0 Å². The number of sulfonamides is 1. The highest BCUT2D eigenvalue weighted by atomic mass is 32.2. The van der Waals surface area contributed by atoms with Gasteiger partial charge in [0.25, 0.3) is 0 Å². The third-order valence-corrected chi connectivity index (χ3v) is 4.17. The monoisotopic (exact) mass is 295 g/mol. The molecule has 1 atom stereocenters. The molecule has 1 aromatic rings. The first-order valence-corrected chi connectivity index (χ1v) is 7.70. The van der Waals surface area contributed by atoms with E-state index in [0.29, 0.717) is 6.54 Å². The quantitative estimate of drug-likeness (QED) is 0.809. The van der Waals surface area contributed by atoms with E-state index < -0.39 is 22.0 Å². The van der Waals surface area contributed by atoms with E-state index in [-0.39, 0.29) is 10.5 Å². The largest absolute Gasteiger partial charge is 0.355 e. The number of amides is 1. The van der Waals surface area contributed by atoms with E-state index >= 15 is 0 Å². The van der Waals surface area contributed by atoms with Gasteiger partial charge in [0.05, 0.1) is 16.5 Å². The lowest BCUT2D eigenvalue weighted by Gasteiger charge is -2.14. The van der Waals surface area contributed by atoms with Gasteiger partial charge in [-0.3, -0.25) is 4.79 Å². The number of nitrogens with one attached hydrogen (secondary N) is 2. The predicted molar refractivity (Wildman–Crippen MR) is 74.2 cm³/mol. The summed E-state index contributed by atoms with van der Waals surface area (Å²) in [5, 5.41) is 11.5. The first-order valence-electron chi connectivity index (χ1n) is 6.21. The molecule has 6 nitrogen and oxygen atoms in total. The minimum atomic E-state index is -3.91. The highest BCUT2D eigenvalue weighted by Gasteiger charge is 2.23. The smallest absolute Gasteiger partial charge is 0.242 e. The molecule has 1 rings (SSSR count). The second-order valence-electron chi connectivity index (χ2n) is 4.24. The molecule has 20 heavy (non-hydrogen) atoms. The van der Waals surface area contributed by atoms with Gasteiger partial charge in [0.15, 0.2) is 0 Å². The summed E-state index contributed by atoms with van der Waals surface area (Å²) in [6.07, 6.45) is 0.766. The van der Waals surface area contributed by atoms with Crippen LogP contribution >= 0.6 is 0 Å². The zero-order valence-electron chi connectivity index (χ0n) is 11.4. The lowest BCUT2D eigenvalue weighted by Crippen LogP contribution is -2.45. The van der Waals surface area contributed by atoms with Gasteiger partial charge < -0.3 is 5.32 Å². The van der Waals surface area contributed by atoms with E-state index in [2.05, 4.69) is 10.0 Å².